The SMILES string of the molecule is C=C(C)SC(=C)/C=C/c1ccc(C)cc1. The van der Waals surface area contributed by atoms with Crippen LogP contribution in [0.25, 0.3) is 6.08 Å². The van der Waals surface area contributed by atoms with Crippen molar-refractivity contribution in [3.63, 3.8) is 0 Å². The third-order valence-corrected chi connectivity index (χ3v) is 2.59. The monoisotopic (exact) mass is 216 g/mol. The van der Waals surface area contributed by atoms with Crippen LogP contribution in [-0.2, 0) is 0 Å². The first-order valence-corrected chi connectivity index (χ1v) is 5.66. The summed E-state index contributed by atoms with van der Waals surface area (Å²) < 4.78 is 0. The Hall–Kier alpha value is -1.21. The molecule has 0 saturated heterocycles. The summed E-state index contributed by atoms with van der Waals surface area (Å²) in [5.41, 5.74) is 2.48. The van der Waals surface area contributed by atoms with E-state index in [4.69, 9.17) is 0 Å². The van der Waals surface area contributed by atoms with Gasteiger partial charge in [0.05, 0.1) is 0 Å². The van der Waals surface area contributed by atoms with Gasteiger partial charge in [0.25, 0.3) is 0 Å². The van der Waals surface area contributed by atoms with Crippen molar-refractivity contribution in [3.05, 3.63) is 64.4 Å². The van der Waals surface area contributed by atoms with Gasteiger partial charge in [-0.1, -0.05) is 60.8 Å². The fourth-order valence-corrected chi connectivity index (χ4v) is 1.71. The zero-order valence-electron chi connectivity index (χ0n) is 9.29. The highest BCUT2D eigenvalue weighted by molar-refractivity contribution is 8.06. The minimum Gasteiger partial charge on any atom is -0.0961 e. The first kappa shape index (κ1) is 11.9. The molecule has 0 bridgehead atoms. The van der Waals surface area contributed by atoms with Gasteiger partial charge in [0.15, 0.2) is 0 Å². The second kappa shape index (κ2) is 5.62. The maximum absolute atomic E-state index is 3.94. The van der Waals surface area contributed by atoms with Crippen LogP contribution in [0.3, 0.4) is 0 Å². The van der Waals surface area contributed by atoms with Crippen LogP contribution < -0.4 is 0 Å². The molecule has 1 aromatic rings. The minimum absolute atomic E-state index is 1.02. The number of allylic oxidation sites excluding steroid dienone is 2. The Morgan fingerprint density at radius 1 is 1.20 bits per heavy atom. The van der Waals surface area contributed by atoms with Gasteiger partial charge in [-0.3, -0.25) is 0 Å². The molecular weight excluding hydrogens is 200 g/mol. The maximum Gasteiger partial charge on any atom is 0.00466 e. The lowest BCUT2D eigenvalue weighted by atomic mass is 10.1. The summed E-state index contributed by atoms with van der Waals surface area (Å²) in [6.07, 6.45) is 4.09. The highest BCUT2D eigenvalue weighted by Crippen LogP contribution is 2.23. The predicted molar refractivity (Wildman–Crippen MR) is 71.8 cm³/mol. The molecule has 0 radical (unpaired) electrons. The molecule has 0 fully saturated rings. The molecule has 0 unspecified atom stereocenters. The average Bonchev–Trinajstić information content (AvgIpc) is 2.16. The highest BCUT2D eigenvalue weighted by atomic mass is 32.2. The number of benzene rings is 1. The molecule has 0 saturated carbocycles. The maximum atomic E-state index is 3.94. The normalized spacial score (nSPS) is 10.5. The zero-order chi connectivity index (χ0) is 11.3. The van der Waals surface area contributed by atoms with Crippen LogP contribution in [0, 0.1) is 6.92 Å². The Bertz CT molecular complexity index is 382. The van der Waals surface area contributed by atoms with Crippen molar-refractivity contribution in [3.8, 4) is 0 Å². The van der Waals surface area contributed by atoms with Gasteiger partial charge >= 0.3 is 0 Å². The van der Waals surface area contributed by atoms with Crippen molar-refractivity contribution in [1.29, 1.82) is 0 Å². The summed E-state index contributed by atoms with van der Waals surface area (Å²) in [4.78, 5) is 2.08. The molecule has 78 valence electrons. The fraction of sp³-hybridized carbons (Fsp3) is 0.143. The summed E-state index contributed by atoms with van der Waals surface area (Å²) in [6.45, 7) is 11.8. The molecule has 0 aliphatic heterocycles. The Morgan fingerprint density at radius 2 is 1.80 bits per heavy atom. The predicted octanol–water partition coefficient (Wildman–Crippen LogP) is 4.79. The van der Waals surface area contributed by atoms with Crippen molar-refractivity contribution in [2.45, 2.75) is 13.8 Å². The summed E-state index contributed by atoms with van der Waals surface area (Å²) in [5.74, 6) is 0. The first-order chi connectivity index (χ1) is 7.08. The van der Waals surface area contributed by atoms with Crippen molar-refractivity contribution in [2.24, 2.45) is 0 Å². The number of aryl methyl sites for hydroxylation is 1. The van der Waals surface area contributed by atoms with E-state index in [1.165, 1.54) is 11.1 Å². The Balaban J connectivity index is 2.61. The largest absolute Gasteiger partial charge is 0.0961 e. The summed E-state index contributed by atoms with van der Waals surface area (Å²) in [7, 11) is 0. The van der Waals surface area contributed by atoms with E-state index in [9.17, 15) is 0 Å². The molecule has 1 rings (SSSR count). The molecule has 0 aliphatic carbocycles. The van der Waals surface area contributed by atoms with E-state index in [1.807, 2.05) is 13.0 Å². The molecule has 0 N–H and O–H groups in total. The third-order valence-electron chi connectivity index (χ3n) is 1.84. The smallest absolute Gasteiger partial charge is 0.00466 e. The molecule has 0 atom stereocenters. The van der Waals surface area contributed by atoms with Crippen molar-refractivity contribution in [2.75, 3.05) is 0 Å². The summed E-state index contributed by atoms with van der Waals surface area (Å²) in [6, 6.07) is 8.41. The van der Waals surface area contributed by atoms with E-state index in [0.29, 0.717) is 0 Å². The Labute approximate surface area is 96.4 Å². The van der Waals surface area contributed by atoms with Gasteiger partial charge < -0.3 is 0 Å². The van der Waals surface area contributed by atoms with E-state index in [1.54, 1.807) is 11.8 Å². The van der Waals surface area contributed by atoms with E-state index in [0.717, 1.165) is 9.81 Å². The molecular formula is C14H16S. The van der Waals surface area contributed by atoms with Gasteiger partial charge in [-0.25, -0.2) is 0 Å². The standard InChI is InChI=1S/C14H16S/c1-11(2)15-13(4)7-10-14-8-5-12(3)6-9-14/h5-10H,1,4H2,2-3H3/b10-7+. The molecule has 0 spiro atoms. The van der Waals surface area contributed by atoms with Crippen LogP contribution in [0.15, 0.2) is 53.3 Å². The van der Waals surface area contributed by atoms with Gasteiger partial charge in [0.1, 0.15) is 0 Å². The van der Waals surface area contributed by atoms with Crippen LogP contribution in [0.2, 0.25) is 0 Å². The Morgan fingerprint density at radius 3 is 2.33 bits per heavy atom. The molecule has 1 heteroatoms. The zero-order valence-corrected chi connectivity index (χ0v) is 10.1. The van der Waals surface area contributed by atoms with Crippen molar-refractivity contribution < 1.29 is 0 Å². The molecule has 0 nitrogen and oxygen atoms in total. The third kappa shape index (κ3) is 4.71. The topological polar surface area (TPSA) is 0 Å². The number of rotatable bonds is 4. The fourth-order valence-electron chi connectivity index (χ4n) is 1.12. The molecule has 0 aliphatic rings. The summed E-state index contributed by atoms with van der Waals surface area (Å²) >= 11 is 1.60. The second-order valence-corrected chi connectivity index (χ2v) is 4.94. The first-order valence-electron chi connectivity index (χ1n) is 4.85. The number of hydrogen-bond donors (Lipinski definition) is 0. The van der Waals surface area contributed by atoms with Gasteiger partial charge in [-0.15, -0.1) is 0 Å². The number of thioether (sulfide) groups is 1. The van der Waals surface area contributed by atoms with E-state index in [2.05, 4.69) is 50.4 Å². The molecule has 1 aromatic carbocycles. The van der Waals surface area contributed by atoms with Gasteiger partial charge in [0.2, 0.25) is 0 Å². The lowest BCUT2D eigenvalue weighted by Crippen LogP contribution is -1.74. The van der Waals surface area contributed by atoms with E-state index >= 15 is 0 Å². The van der Waals surface area contributed by atoms with Gasteiger partial charge in [-0.2, -0.15) is 0 Å². The molecule has 0 aromatic heterocycles. The molecule has 15 heavy (non-hydrogen) atoms. The van der Waals surface area contributed by atoms with E-state index < -0.39 is 0 Å². The van der Waals surface area contributed by atoms with Crippen molar-refractivity contribution in [1.82, 2.24) is 0 Å². The lowest BCUT2D eigenvalue weighted by molar-refractivity contribution is 1.46. The van der Waals surface area contributed by atoms with E-state index in [-0.39, 0.29) is 0 Å². The Kier molecular flexibility index (Phi) is 4.44. The van der Waals surface area contributed by atoms with Crippen LogP contribution >= 0.6 is 11.8 Å². The van der Waals surface area contributed by atoms with Crippen LogP contribution in [0.1, 0.15) is 18.1 Å². The average molecular weight is 216 g/mol. The second-order valence-electron chi connectivity index (χ2n) is 3.51. The van der Waals surface area contributed by atoms with Crippen LogP contribution in [0.4, 0.5) is 0 Å². The molecule has 0 amide bonds. The van der Waals surface area contributed by atoms with Crippen LogP contribution in [0.5, 0.6) is 0 Å². The summed E-state index contributed by atoms with van der Waals surface area (Å²) in [5, 5.41) is 0. The van der Waals surface area contributed by atoms with Crippen molar-refractivity contribution >= 4 is 17.8 Å². The van der Waals surface area contributed by atoms with Gasteiger partial charge in [0, 0.05) is 4.91 Å². The van der Waals surface area contributed by atoms with Crippen LogP contribution in [-0.4, -0.2) is 0 Å². The quantitative estimate of drug-likeness (QED) is 0.652. The molecule has 0 heterocycles. The lowest BCUT2D eigenvalue weighted by Gasteiger charge is -1.98. The highest BCUT2D eigenvalue weighted by Gasteiger charge is 1.91. The minimum atomic E-state index is 1.02. The number of hydrogen-bond acceptors (Lipinski definition) is 1. The van der Waals surface area contributed by atoms with Gasteiger partial charge in [-0.05, 0) is 30.4 Å².